The third kappa shape index (κ3) is 1.83. The van der Waals surface area contributed by atoms with E-state index in [1.54, 1.807) is 23.9 Å². The molecule has 0 aliphatic rings. The Balaban J connectivity index is 2.49. The number of rotatable bonds is 2. The average molecular weight is 239 g/mol. The summed E-state index contributed by atoms with van der Waals surface area (Å²) in [4.78, 5) is 4.09. The minimum atomic E-state index is -0.426. The van der Waals surface area contributed by atoms with Crippen molar-refractivity contribution in [3.63, 3.8) is 0 Å². The fraction of sp³-hybridized carbons (Fsp3) is 0.200. The van der Waals surface area contributed by atoms with Gasteiger partial charge in [-0.1, -0.05) is 0 Å². The van der Waals surface area contributed by atoms with Crippen molar-refractivity contribution in [1.82, 2.24) is 14.8 Å². The molecule has 0 radical (unpaired) electrons. The average Bonchev–Trinajstić information content (AvgIpc) is 2.59. The SMILES string of the molecule is COc1ccc(-c2nc(=S)n(C)[nH]2)cc1F. The molecule has 4 nitrogen and oxygen atoms in total. The maximum atomic E-state index is 13.4. The van der Waals surface area contributed by atoms with Crippen molar-refractivity contribution in [3.8, 4) is 17.1 Å². The highest BCUT2D eigenvalue weighted by atomic mass is 32.1. The summed E-state index contributed by atoms with van der Waals surface area (Å²) >= 11 is 4.96. The second kappa shape index (κ2) is 4.05. The summed E-state index contributed by atoms with van der Waals surface area (Å²) in [6, 6.07) is 4.62. The second-order valence-corrected chi connectivity index (χ2v) is 3.63. The van der Waals surface area contributed by atoms with E-state index in [9.17, 15) is 4.39 Å². The van der Waals surface area contributed by atoms with Gasteiger partial charge in [-0.15, -0.1) is 0 Å². The van der Waals surface area contributed by atoms with Crippen molar-refractivity contribution in [2.45, 2.75) is 0 Å². The monoisotopic (exact) mass is 239 g/mol. The minimum absolute atomic E-state index is 0.207. The predicted molar refractivity (Wildman–Crippen MR) is 60.3 cm³/mol. The highest BCUT2D eigenvalue weighted by Gasteiger charge is 2.07. The quantitative estimate of drug-likeness (QED) is 0.818. The van der Waals surface area contributed by atoms with E-state index in [-0.39, 0.29) is 5.75 Å². The zero-order valence-electron chi connectivity index (χ0n) is 8.82. The lowest BCUT2D eigenvalue weighted by molar-refractivity contribution is 0.386. The standard InChI is InChI=1S/C10H10FN3OS/c1-14-10(16)12-9(13-14)6-3-4-8(15-2)7(11)5-6/h3-5H,1-2H3,(H,12,13,16). The summed E-state index contributed by atoms with van der Waals surface area (Å²) in [6.07, 6.45) is 0. The first-order valence-corrected chi connectivity index (χ1v) is 4.99. The van der Waals surface area contributed by atoms with E-state index in [4.69, 9.17) is 17.0 Å². The smallest absolute Gasteiger partial charge is 0.216 e. The zero-order valence-corrected chi connectivity index (χ0v) is 9.64. The van der Waals surface area contributed by atoms with Gasteiger partial charge in [0.2, 0.25) is 4.77 Å². The van der Waals surface area contributed by atoms with Crippen molar-refractivity contribution in [3.05, 3.63) is 28.8 Å². The number of nitrogens with one attached hydrogen (secondary N) is 1. The lowest BCUT2D eigenvalue weighted by Crippen LogP contribution is -1.91. The first kappa shape index (κ1) is 10.8. The summed E-state index contributed by atoms with van der Waals surface area (Å²) in [6.45, 7) is 0. The van der Waals surface area contributed by atoms with Crippen molar-refractivity contribution in [1.29, 1.82) is 0 Å². The van der Waals surface area contributed by atoms with E-state index >= 15 is 0 Å². The third-order valence-electron chi connectivity index (χ3n) is 2.19. The van der Waals surface area contributed by atoms with E-state index in [1.807, 2.05) is 0 Å². The fourth-order valence-electron chi connectivity index (χ4n) is 1.35. The normalized spacial score (nSPS) is 10.4. The van der Waals surface area contributed by atoms with Crippen molar-refractivity contribution in [2.75, 3.05) is 7.11 Å². The Labute approximate surface area is 96.7 Å². The first-order valence-electron chi connectivity index (χ1n) is 4.59. The molecule has 0 amide bonds. The highest BCUT2D eigenvalue weighted by molar-refractivity contribution is 7.71. The van der Waals surface area contributed by atoms with Gasteiger partial charge < -0.3 is 4.74 Å². The fourth-order valence-corrected chi connectivity index (χ4v) is 1.48. The van der Waals surface area contributed by atoms with E-state index < -0.39 is 5.82 Å². The summed E-state index contributed by atoms with van der Waals surface area (Å²) < 4.78 is 20.3. The summed E-state index contributed by atoms with van der Waals surface area (Å²) in [5.41, 5.74) is 0.630. The molecule has 0 aliphatic carbocycles. The molecular weight excluding hydrogens is 229 g/mol. The molecule has 2 rings (SSSR count). The van der Waals surface area contributed by atoms with Crippen molar-refractivity contribution >= 4 is 12.2 Å². The molecule has 16 heavy (non-hydrogen) atoms. The van der Waals surface area contributed by atoms with E-state index in [0.29, 0.717) is 16.2 Å². The van der Waals surface area contributed by atoms with Crippen LogP contribution in [0.4, 0.5) is 4.39 Å². The largest absolute Gasteiger partial charge is 0.494 e. The molecule has 1 aromatic heterocycles. The minimum Gasteiger partial charge on any atom is -0.494 e. The predicted octanol–water partition coefficient (Wildman–Crippen LogP) is 2.29. The molecule has 0 fully saturated rings. The molecule has 1 aromatic carbocycles. The maximum Gasteiger partial charge on any atom is 0.216 e. The Bertz CT molecular complexity index is 576. The Morgan fingerprint density at radius 3 is 2.75 bits per heavy atom. The number of halogens is 1. The number of hydrogen-bond donors (Lipinski definition) is 1. The van der Waals surface area contributed by atoms with Gasteiger partial charge in [-0.2, -0.15) is 4.98 Å². The van der Waals surface area contributed by atoms with E-state index in [0.717, 1.165) is 0 Å². The van der Waals surface area contributed by atoms with Crippen molar-refractivity contribution in [2.24, 2.45) is 7.05 Å². The summed E-state index contributed by atoms with van der Waals surface area (Å²) in [5, 5.41) is 2.92. The van der Waals surface area contributed by atoms with Gasteiger partial charge in [0.15, 0.2) is 17.4 Å². The molecule has 0 saturated heterocycles. The van der Waals surface area contributed by atoms with Gasteiger partial charge in [0, 0.05) is 12.6 Å². The number of aryl methyl sites for hydroxylation is 1. The Morgan fingerprint density at radius 1 is 1.50 bits per heavy atom. The molecule has 6 heteroatoms. The van der Waals surface area contributed by atoms with Crippen LogP contribution < -0.4 is 4.74 Å². The molecule has 84 valence electrons. The Hall–Kier alpha value is -1.69. The summed E-state index contributed by atoms with van der Waals surface area (Å²) in [5.74, 6) is 0.317. The number of nitrogens with zero attached hydrogens (tertiary/aromatic N) is 2. The van der Waals surface area contributed by atoms with Crippen LogP contribution in [-0.2, 0) is 7.05 Å². The summed E-state index contributed by atoms with van der Waals surface area (Å²) in [7, 11) is 3.17. The number of ether oxygens (including phenoxy) is 1. The van der Waals surface area contributed by atoms with Gasteiger partial charge in [0.05, 0.1) is 7.11 Å². The molecule has 0 aliphatic heterocycles. The maximum absolute atomic E-state index is 13.4. The van der Waals surface area contributed by atoms with Gasteiger partial charge in [-0.3, -0.25) is 9.78 Å². The number of aromatic amines is 1. The molecule has 0 saturated carbocycles. The van der Waals surface area contributed by atoms with Crippen LogP contribution >= 0.6 is 12.2 Å². The number of aromatic nitrogens is 3. The van der Waals surface area contributed by atoms with Crippen LogP contribution in [0.3, 0.4) is 0 Å². The molecule has 0 atom stereocenters. The van der Waals surface area contributed by atoms with Crippen LogP contribution in [0.15, 0.2) is 18.2 Å². The Morgan fingerprint density at radius 2 is 2.25 bits per heavy atom. The van der Waals surface area contributed by atoms with Crippen LogP contribution in [0, 0.1) is 10.6 Å². The number of benzene rings is 1. The van der Waals surface area contributed by atoms with Crippen LogP contribution in [-0.4, -0.2) is 21.9 Å². The van der Waals surface area contributed by atoms with Crippen LogP contribution in [0.2, 0.25) is 0 Å². The number of methoxy groups -OCH3 is 1. The molecule has 1 heterocycles. The van der Waals surface area contributed by atoms with Crippen molar-refractivity contribution < 1.29 is 9.13 Å². The lowest BCUT2D eigenvalue weighted by atomic mass is 10.2. The first-order chi connectivity index (χ1) is 7.61. The van der Waals surface area contributed by atoms with Crippen LogP contribution in [0.25, 0.3) is 11.4 Å². The molecule has 0 spiro atoms. The van der Waals surface area contributed by atoms with E-state index in [1.165, 1.54) is 13.2 Å². The molecule has 0 unspecified atom stereocenters. The molecule has 2 aromatic rings. The van der Waals surface area contributed by atoms with Gasteiger partial charge in [0.1, 0.15) is 0 Å². The topological polar surface area (TPSA) is 42.8 Å². The lowest BCUT2D eigenvalue weighted by Gasteiger charge is -2.02. The van der Waals surface area contributed by atoms with Gasteiger partial charge in [-0.25, -0.2) is 4.39 Å². The van der Waals surface area contributed by atoms with Gasteiger partial charge >= 0.3 is 0 Å². The van der Waals surface area contributed by atoms with Crippen LogP contribution in [0.5, 0.6) is 5.75 Å². The second-order valence-electron chi connectivity index (χ2n) is 3.26. The number of hydrogen-bond acceptors (Lipinski definition) is 3. The molecular formula is C10H10FN3OS. The van der Waals surface area contributed by atoms with E-state index in [2.05, 4.69) is 10.1 Å². The molecule has 1 N–H and O–H groups in total. The van der Waals surface area contributed by atoms with Crippen LogP contribution in [0.1, 0.15) is 0 Å². The third-order valence-corrected chi connectivity index (χ3v) is 2.56. The Kier molecular flexibility index (Phi) is 2.74. The van der Waals surface area contributed by atoms with Gasteiger partial charge in [0.25, 0.3) is 0 Å². The van der Waals surface area contributed by atoms with Gasteiger partial charge in [-0.05, 0) is 30.4 Å². The highest BCUT2D eigenvalue weighted by Crippen LogP contribution is 2.22. The number of H-pyrrole nitrogens is 1. The zero-order chi connectivity index (χ0) is 11.7. The molecule has 0 bridgehead atoms.